The summed E-state index contributed by atoms with van der Waals surface area (Å²) in [6.07, 6.45) is 4.56. The van der Waals surface area contributed by atoms with E-state index in [0.29, 0.717) is 5.82 Å². The summed E-state index contributed by atoms with van der Waals surface area (Å²) in [5, 5.41) is 0. The van der Waals surface area contributed by atoms with Crippen molar-refractivity contribution in [3.63, 3.8) is 0 Å². The summed E-state index contributed by atoms with van der Waals surface area (Å²) in [5.41, 5.74) is 7.11. The van der Waals surface area contributed by atoms with Gasteiger partial charge in [-0.25, -0.2) is 9.97 Å². The molecule has 4 rings (SSSR count). The van der Waals surface area contributed by atoms with Crippen LogP contribution in [0.2, 0.25) is 0 Å². The van der Waals surface area contributed by atoms with Crippen LogP contribution in [0.15, 0.2) is 42.7 Å². The Morgan fingerprint density at radius 1 is 1.15 bits per heavy atom. The molecule has 1 aromatic carbocycles. The van der Waals surface area contributed by atoms with E-state index in [4.69, 9.17) is 5.73 Å². The molecule has 0 aliphatic carbocycles. The topological polar surface area (TPSA) is 75.3 Å². The van der Waals surface area contributed by atoms with Crippen molar-refractivity contribution < 1.29 is 4.79 Å². The summed E-state index contributed by atoms with van der Waals surface area (Å²) in [4.78, 5) is 25.3. The van der Waals surface area contributed by atoms with Crippen molar-refractivity contribution in [1.29, 1.82) is 0 Å². The molecule has 0 saturated carbocycles. The molecule has 2 saturated heterocycles. The Labute approximate surface area is 154 Å². The van der Waals surface area contributed by atoms with Crippen LogP contribution in [0.5, 0.6) is 0 Å². The van der Waals surface area contributed by atoms with Gasteiger partial charge in [-0.3, -0.25) is 4.79 Å². The highest BCUT2D eigenvalue weighted by atomic mass is 16.2. The van der Waals surface area contributed by atoms with Crippen LogP contribution in [0.1, 0.15) is 30.7 Å². The Morgan fingerprint density at radius 2 is 1.88 bits per heavy atom. The molecular formula is C20H25N5O. The van der Waals surface area contributed by atoms with Gasteiger partial charge in [-0.2, -0.15) is 0 Å². The van der Waals surface area contributed by atoms with Gasteiger partial charge in [-0.1, -0.05) is 30.3 Å². The minimum absolute atomic E-state index is 0.0313. The Hall–Kier alpha value is -2.63. The van der Waals surface area contributed by atoms with E-state index < -0.39 is 0 Å². The first-order chi connectivity index (χ1) is 12.6. The fourth-order valence-corrected chi connectivity index (χ4v) is 4.48. The van der Waals surface area contributed by atoms with E-state index in [1.54, 1.807) is 0 Å². The maximum absolute atomic E-state index is 12.8. The van der Waals surface area contributed by atoms with E-state index in [1.807, 2.05) is 36.2 Å². The molecule has 136 valence electrons. The number of carbonyl (C=O) groups is 1. The number of likely N-dealkylation sites (tertiary alicyclic amines) is 1. The molecule has 1 unspecified atom stereocenters. The van der Waals surface area contributed by atoms with Gasteiger partial charge in [0.15, 0.2) is 0 Å². The van der Waals surface area contributed by atoms with Crippen molar-refractivity contribution in [2.75, 3.05) is 37.3 Å². The van der Waals surface area contributed by atoms with Gasteiger partial charge in [0.05, 0.1) is 5.92 Å². The monoisotopic (exact) mass is 351 g/mol. The smallest absolute Gasteiger partial charge is 0.229 e. The number of benzene rings is 1. The average molecular weight is 351 g/mol. The molecule has 6 heteroatoms. The van der Waals surface area contributed by atoms with Gasteiger partial charge in [0.1, 0.15) is 18.0 Å². The number of hydrogen-bond acceptors (Lipinski definition) is 5. The third-order valence-electron chi connectivity index (χ3n) is 5.91. The molecule has 2 N–H and O–H groups in total. The van der Waals surface area contributed by atoms with E-state index in [0.717, 1.165) is 50.3 Å². The lowest BCUT2D eigenvalue weighted by Crippen LogP contribution is -2.53. The third kappa shape index (κ3) is 3.11. The number of carbonyl (C=O) groups excluding carboxylic acids is 1. The van der Waals surface area contributed by atoms with Crippen molar-refractivity contribution in [3.05, 3.63) is 48.3 Å². The lowest BCUT2D eigenvalue weighted by atomic mass is 9.68. The normalized spacial score (nSPS) is 22.7. The zero-order chi connectivity index (χ0) is 18.1. The number of nitrogens with zero attached hydrogens (tertiary/aromatic N) is 4. The largest absolute Gasteiger partial charge is 0.384 e. The minimum Gasteiger partial charge on any atom is -0.384 e. The molecular weight excluding hydrogens is 326 g/mol. The van der Waals surface area contributed by atoms with Gasteiger partial charge in [0.2, 0.25) is 5.91 Å². The van der Waals surface area contributed by atoms with Gasteiger partial charge in [-0.05, 0) is 30.2 Å². The van der Waals surface area contributed by atoms with Crippen LogP contribution in [0.3, 0.4) is 0 Å². The molecule has 1 amide bonds. The molecule has 1 spiro atoms. The van der Waals surface area contributed by atoms with E-state index in [9.17, 15) is 4.79 Å². The highest BCUT2D eigenvalue weighted by Gasteiger charge is 2.45. The first kappa shape index (κ1) is 16.8. The van der Waals surface area contributed by atoms with Gasteiger partial charge in [0.25, 0.3) is 0 Å². The number of rotatable bonds is 2. The van der Waals surface area contributed by atoms with Crippen molar-refractivity contribution in [1.82, 2.24) is 14.9 Å². The SMILES string of the molecule is CN1CC2(CCN(c3cc(N)ncn3)CC2)CC(c2ccccc2)C1=O. The number of aromatic nitrogens is 2. The highest BCUT2D eigenvalue weighted by molar-refractivity contribution is 5.84. The molecule has 2 aromatic rings. The van der Waals surface area contributed by atoms with Crippen LogP contribution >= 0.6 is 0 Å². The molecule has 1 atom stereocenters. The maximum Gasteiger partial charge on any atom is 0.229 e. The minimum atomic E-state index is -0.0313. The zero-order valence-electron chi connectivity index (χ0n) is 15.1. The van der Waals surface area contributed by atoms with Crippen LogP contribution in [-0.4, -0.2) is 47.5 Å². The Bertz CT molecular complexity index is 786. The van der Waals surface area contributed by atoms with E-state index >= 15 is 0 Å². The van der Waals surface area contributed by atoms with Crippen LogP contribution in [0.4, 0.5) is 11.6 Å². The molecule has 2 aliphatic rings. The number of amides is 1. The van der Waals surface area contributed by atoms with Gasteiger partial charge >= 0.3 is 0 Å². The third-order valence-corrected chi connectivity index (χ3v) is 5.91. The summed E-state index contributed by atoms with van der Waals surface area (Å²) >= 11 is 0. The second kappa shape index (κ2) is 6.59. The van der Waals surface area contributed by atoms with Crippen LogP contribution < -0.4 is 10.6 Å². The Balaban J connectivity index is 1.51. The first-order valence-electron chi connectivity index (χ1n) is 9.19. The number of nitrogen functional groups attached to an aromatic ring is 1. The van der Waals surface area contributed by atoms with Gasteiger partial charge in [-0.15, -0.1) is 0 Å². The summed E-state index contributed by atoms with van der Waals surface area (Å²) in [6.45, 7) is 2.70. The lowest BCUT2D eigenvalue weighted by molar-refractivity contribution is -0.138. The average Bonchev–Trinajstić information content (AvgIpc) is 2.66. The molecule has 0 radical (unpaired) electrons. The molecule has 3 heterocycles. The number of hydrogen-bond donors (Lipinski definition) is 1. The number of piperidine rings is 2. The fraction of sp³-hybridized carbons (Fsp3) is 0.450. The highest BCUT2D eigenvalue weighted by Crippen LogP contribution is 2.45. The summed E-state index contributed by atoms with van der Waals surface area (Å²) in [7, 11) is 1.94. The van der Waals surface area contributed by atoms with E-state index in [1.165, 1.54) is 6.33 Å². The fourth-order valence-electron chi connectivity index (χ4n) is 4.48. The Kier molecular flexibility index (Phi) is 4.26. The number of likely N-dealkylation sites (N-methyl/N-ethyl adjacent to an activating group) is 1. The second-order valence-corrected chi connectivity index (χ2v) is 7.65. The first-order valence-corrected chi connectivity index (χ1v) is 9.19. The van der Waals surface area contributed by atoms with Gasteiger partial charge in [0, 0.05) is 32.7 Å². The summed E-state index contributed by atoms with van der Waals surface area (Å²) in [5.74, 6) is 1.61. The maximum atomic E-state index is 12.8. The summed E-state index contributed by atoms with van der Waals surface area (Å²) < 4.78 is 0. The lowest BCUT2D eigenvalue weighted by Gasteiger charge is -2.49. The van der Waals surface area contributed by atoms with Crippen molar-refractivity contribution >= 4 is 17.5 Å². The van der Waals surface area contributed by atoms with Crippen molar-refractivity contribution in [2.24, 2.45) is 5.41 Å². The molecule has 2 fully saturated rings. The molecule has 1 aromatic heterocycles. The molecule has 26 heavy (non-hydrogen) atoms. The van der Waals surface area contributed by atoms with Crippen molar-refractivity contribution in [2.45, 2.75) is 25.2 Å². The van der Waals surface area contributed by atoms with E-state index in [2.05, 4.69) is 27.0 Å². The Morgan fingerprint density at radius 3 is 2.58 bits per heavy atom. The number of nitrogens with two attached hydrogens (primary N) is 1. The van der Waals surface area contributed by atoms with Crippen LogP contribution in [0.25, 0.3) is 0 Å². The summed E-state index contributed by atoms with van der Waals surface area (Å²) in [6, 6.07) is 12.0. The van der Waals surface area contributed by atoms with Crippen LogP contribution in [-0.2, 0) is 4.79 Å². The predicted octanol–water partition coefficient (Wildman–Crippen LogP) is 2.29. The number of anilines is 2. The quantitative estimate of drug-likeness (QED) is 0.898. The van der Waals surface area contributed by atoms with Crippen molar-refractivity contribution in [3.8, 4) is 0 Å². The molecule has 0 bridgehead atoms. The van der Waals surface area contributed by atoms with Crippen LogP contribution in [0, 0.1) is 5.41 Å². The zero-order valence-corrected chi connectivity index (χ0v) is 15.1. The molecule has 2 aliphatic heterocycles. The standard InChI is InChI=1S/C20H25N5O/c1-24-13-20(12-16(19(24)26)15-5-3-2-4-6-15)7-9-25(10-8-20)18-11-17(21)22-14-23-18/h2-6,11,14,16H,7-10,12-13H2,1H3,(H2,21,22,23). The molecule has 6 nitrogen and oxygen atoms in total. The van der Waals surface area contributed by atoms with Gasteiger partial charge < -0.3 is 15.5 Å². The predicted molar refractivity (Wildman–Crippen MR) is 102 cm³/mol. The van der Waals surface area contributed by atoms with E-state index in [-0.39, 0.29) is 17.2 Å². The second-order valence-electron chi connectivity index (χ2n) is 7.65.